The second-order valence-corrected chi connectivity index (χ2v) is 10.5. The fourth-order valence-electron chi connectivity index (χ4n) is 5.20. The van der Waals surface area contributed by atoms with E-state index < -0.39 is 11.6 Å². The van der Waals surface area contributed by atoms with E-state index >= 15 is 0 Å². The average Bonchev–Trinajstić information content (AvgIpc) is 2.94. The molecule has 2 fully saturated rings. The molecule has 4 N–H and O–H groups in total. The molecule has 0 unspecified atom stereocenters. The quantitative estimate of drug-likeness (QED) is 0.166. The molecular formula is C30H37F2N5O4. The van der Waals surface area contributed by atoms with E-state index in [0.29, 0.717) is 48.2 Å². The van der Waals surface area contributed by atoms with E-state index in [1.165, 1.54) is 36.5 Å². The minimum atomic E-state index is -0.567. The molecule has 2 aromatic rings. The minimum Gasteiger partial charge on any atom is -0.508 e. The topological polar surface area (TPSA) is 112 Å². The molecule has 0 aliphatic carbocycles. The number of hydrogen-bond acceptors (Lipinski definition) is 7. The van der Waals surface area contributed by atoms with Crippen LogP contribution in [0.3, 0.4) is 0 Å². The van der Waals surface area contributed by atoms with Gasteiger partial charge in [0.15, 0.2) is 11.6 Å². The number of nitrogens with zero attached hydrogens (tertiary/aromatic N) is 4. The van der Waals surface area contributed by atoms with Crippen LogP contribution in [0.25, 0.3) is 0 Å². The van der Waals surface area contributed by atoms with Gasteiger partial charge in [-0.3, -0.25) is 14.6 Å². The highest BCUT2D eigenvalue weighted by atomic mass is 19.1. The number of hydrogen-bond donors (Lipinski definition) is 4. The van der Waals surface area contributed by atoms with E-state index in [0.717, 1.165) is 45.1 Å². The number of piperazine rings is 1. The van der Waals surface area contributed by atoms with Crippen LogP contribution >= 0.6 is 0 Å². The predicted molar refractivity (Wildman–Crippen MR) is 152 cm³/mol. The van der Waals surface area contributed by atoms with E-state index in [4.69, 9.17) is 0 Å². The highest BCUT2D eigenvalue weighted by Crippen LogP contribution is 2.23. The second-order valence-electron chi connectivity index (χ2n) is 10.5. The predicted octanol–water partition coefficient (Wildman–Crippen LogP) is 3.65. The number of halogens is 2. The number of phenols is 2. The van der Waals surface area contributed by atoms with Crippen LogP contribution in [0.2, 0.25) is 0 Å². The van der Waals surface area contributed by atoms with Gasteiger partial charge in [0.05, 0.1) is 0 Å². The third-order valence-electron chi connectivity index (χ3n) is 7.60. The highest BCUT2D eigenvalue weighted by Gasteiger charge is 2.29. The van der Waals surface area contributed by atoms with Crippen LogP contribution in [0.15, 0.2) is 65.5 Å². The van der Waals surface area contributed by atoms with Crippen molar-refractivity contribution in [3.63, 3.8) is 0 Å². The standard InChI is InChI=1S/C30H37F2N5O4/c1-20(30(41)34-18-22-4-6-26(39)16-28(22)40)17-33-29(21(2)38)37-13-11-36(12-14-37)25-7-9-35(10-8-25)19-23-3-5-24(31)15-27(23)32/h3-6,15-17,25,38-40H,2,7-14,18-19H2,1H3,(H,34,41)/b20-17+,33-29?. The monoisotopic (exact) mass is 569 g/mol. The zero-order valence-corrected chi connectivity index (χ0v) is 23.2. The van der Waals surface area contributed by atoms with E-state index in [2.05, 4.69) is 26.7 Å². The van der Waals surface area contributed by atoms with Crippen LogP contribution < -0.4 is 5.32 Å². The average molecular weight is 570 g/mol. The molecule has 41 heavy (non-hydrogen) atoms. The number of carbonyl (C=O) groups excluding carboxylic acids is 1. The first kappa shape index (κ1) is 30.0. The van der Waals surface area contributed by atoms with Crippen molar-refractivity contribution in [2.24, 2.45) is 4.99 Å². The number of aliphatic hydroxyl groups excluding tert-OH is 1. The number of aromatic hydroxyl groups is 2. The van der Waals surface area contributed by atoms with Crippen LogP contribution in [0.4, 0.5) is 8.78 Å². The Balaban J connectivity index is 1.26. The van der Waals surface area contributed by atoms with Gasteiger partial charge in [0, 0.05) is 80.3 Å². The van der Waals surface area contributed by atoms with Gasteiger partial charge in [0.1, 0.15) is 23.1 Å². The lowest BCUT2D eigenvalue weighted by Crippen LogP contribution is -2.54. The van der Waals surface area contributed by atoms with Crippen molar-refractivity contribution in [3.8, 4) is 11.5 Å². The Morgan fingerprint density at radius 3 is 2.37 bits per heavy atom. The third kappa shape index (κ3) is 8.05. The summed E-state index contributed by atoms with van der Waals surface area (Å²) in [5.41, 5.74) is 1.28. The van der Waals surface area contributed by atoms with E-state index in [-0.39, 0.29) is 29.7 Å². The lowest BCUT2D eigenvalue weighted by molar-refractivity contribution is -0.117. The zero-order valence-electron chi connectivity index (χ0n) is 23.2. The first-order valence-corrected chi connectivity index (χ1v) is 13.7. The molecule has 9 nitrogen and oxygen atoms in total. The summed E-state index contributed by atoms with van der Waals surface area (Å²) >= 11 is 0. The van der Waals surface area contributed by atoms with Crippen LogP contribution in [0.5, 0.6) is 11.5 Å². The largest absolute Gasteiger partial charge is 0.508 e. The van der Waals surface area contributed by atoms with Crippen molar-refractivity contribution in [1.82, 2.24) is 20.0 Å². The van der Waals surface area contributed by atoms with Crippen molar-refractivity contribution in [3.05, 3.63) is 83.3 Å². The van der Waals surface area contributed by atoms with Gasteiger partial charge in [-0.05, 0) is 51.1 Å². The molecule has 2 aliphatic heterocycles. The summed E-state index contributed by atoms with van der Waals surface area (Å²) in [5.74, 6) is -1.52. The Kier molecular flexibility index (Phi) is 9.95. The number of likely N-dealkylation sites (tertiary alicyclic amines) is 1. The highest BCUT2D eigenvalue weighted by molar-refractivity contribution is 5.97. The number of amidine groups is 1. The number of piperidine rings is 1. The van der Waals surface area contributed by atoms with Gasteiger partial charge < -0.3 is 25.5 Å². The molecule has 2 aromatic carbocycles. The smallest absolute Gasteiger partial charge is 0.248 e. The number of aliphatic hydroxyl groups is 1. The number of benzene rings is 2. The van der Waals surface area contributed by atoms with Gasteiger partial charge in [-0.15, -0.1) is 0 Å². The number of phenolic OH excluding ortho intramolecular Hbond substituents is 2. The summed E-state index contributed by atoms with van der Waals surface area (Å²) < 4.78 is 27.2. The second kappa shape index (κ2) is 13.6. The molecule has 0 saturated carbocycles. The van der Waals surface area contributed by atoms with E-state index in [1.807, 2.05) is 4.90 Å². The lowest BCUT2D eigenvalue weighted by Gasteiger charge is -2.43. The van der Waals surface area contributed by atoms with Gasteiger partial charge in [0.25, 0.3) is 0 Å². The van der Waals surface area contributed by atoms with Crippen LogP contribution in [-0.4, -0.2) is 87.1 Å². The molecule has 2 aliphatic rings. The fourth-order valence-corrected chi connectivity index (χ4v) is 5.20. The molecule has 11 heteroatoms. The van der Waals surface area contributed by atoms with Gasteiger partial charge in [0.2, 0.25) is 5.91 Å². The number of amides is 1. The number of carbonyl (C=O) groups is 1. The van der Waals surface area contributed by atoms with Gasteiger partial charge in [-0.1, -0.05) is 12.6 Å². The SMILES string of the molecule is C=C(O)C(=N/C=C(\C)C(=O)NCc1ccc(O)cc1O)N1CCN(C2CCN(Cc3ccc(F)cc3F)CC2)CC1. The van der Waals surface area contributed by atoms with Crippen molar-refractivity contribution in [1.29, 1.82) is 0 Å². The van der Waals surface area contributed by atoms with Gasteiger partial charge >= 0.3 is 0 Å². The molecule has 2 saturated heterocycles. The van der Waals surface area contributed by atoms with E-state index in [9.17, 15) is 28.9 Å². The summed E-state index contributed by atoms with van der Waals surface area (Å²) in [4.78, 5) is 23.4. The molecule has 4 rings (SSSR count). The summed E-state index contributed by atoms with van der Waals surface area (Å²) in [6, 6.07) is 8.29. The Labute approximate surface area is 238 Å². The van der Waals surface area contributed by atoms with E-state index in [1.54, 1.807) is 6.92 Å². The molecule has 0 atom stereocenters. The first-order chi connectivity index (χ1) is 19.6. The van der Waals surface area contributed by atoms with Crippen molar-refractivity contribution >= 4 is 11.7 Å². The fraction of sp³-hybridized carbons (Fsp3) is 0.400. The Morgan fingerprint density at radius 2 is 1.73 bits per heavy atom. The molecule has 2 heterocycles. The maximum absolute atomic E-state index is 14.0. The molecule has 0 aromatic heterocycles. The summed E-state index contributed by atoms with van der Waals surface area (Å²) in [6.07, 6.45) is 3.29. The molecular weight excluding hydrogens is 532 g/mol. The van der Waals surface area contributed by atoms with Gasteiger partial charge in [-0.25, -0.2) is 13.8 Å². The summed E-state index contributed by atoms with van der Waals surface area (Å²) in [6.45, 7) is 10.3. The minimum absolute atomic E-state index is 0.0673. The van der Waals surface area contributed by atoms with Crippen LogP contribution in [-0.2, 0) is 17.9 Å². The van der Waals surface area contributed by atoms with Gasteiger partial charge in [-0.2, -0.15) is 0 Å². The first-order valence-electron chi connectivity index (χ1n) is 13.7. The Morgan fingerprint density at radius 1 is 1.05 bits per heavy atom. The van der Waals surface area contributed by atoms with Crippen LogP contribution in [0.1, 0.15) is 30.9 Å². The molecule has 220 valence electrons. The maximum atomic E-state index is 14.0. The number of rotatable bonds is 8. The third-order valence-corrected chi connectivity index (χ3v) is 7.60. The number of nitrogens with one attached hydrogen (secondary N) is 1. The summed E-state index contributed by atoms with van der Waals surface area (Å²) in [5, 5.41) is 32.2. The Hall–Kier alpha value is -3.96. The zero-order chi connectivity index (χ0) is 29.5. The van der Waals surface area contributed by atoms with Crippen molar-refractivity contribution < 1.29 is 28.9 Å². The normalized spacial score (nSPS) is 18.0. The maximum Gasteiger partial charge on any atom is 0.248 e. The van der Waals surface area contributed by atoms with Crippen molar-refractivity contribution in [2.45, 2.75) is 38.9 Å². The van der Waals surface area contributed by atoms with Crippen molar-refractivity contribution in [2.75, 3.05) is 39.3 Å². The summed E-state index contributed by atoms with van der Waals surface area (Å²) in [7, 11) is 0. The van der Waals surface area contributed by atoms with Crippen LogP contribution in [0, 0.1) is 11.6 Å². The molecule has 0 spiro atoms. The Bertz CT molecular complexity index is 1320. The molecule has 0 radical (unpaired) electrons. The lowest BCUT2D eigenvalue weighted by atomic mass is 10.0. The molecule has 0 bridgehead atoms. The number of aliphatic imine (C=N–C) groups is 1. The molecule has 1 amide bonds.